The summed E-state index contributed by atoms with van der Waals surface area (Å²) in [6.45, 7) is 4.02. The highest BCUT2D eigenvalue weighted by Gasteiger charge is 2.05. The first-order chi connectivity index (χ1) is 9.33. The highest BCUT2D eigenvalue weighted by Crippen LogP contribution is 2.03. The van der Waals surface area contributed by atoms with Crippen LogP contribution in [0.4, 0.5) is 0 Å². The van der Waals surface area contributed by atoms with Crippen LogP contribution in [0.1, 0.15) is 52.4 Å². The number of hydrogen-bond donors (Lipinski definition) is 0. The van der Waals surface area contributed by atoms with Crippen LogP contribution in [0.2, 0.25) is 0 Å². The molecule has 20 heavy (non-hydrogen) atoms. The van der Waals surface area contributed by atoms with E-state index in [4.69, 9.17) is 0 Å². The minimum Gasteiger partial charge on any atom is -0.224 e. The molecule has 0 rings (SSSR count). The molecular weight excluding hydrogens is 296 g/mol. The van der Waals surface area contributed by atoms with E-state index in [1.807, 2.05) is 13.8 Å². The van der Waals surface area contributed by atoms with Crippen LogP contribution in [0.15, 0.2) is 23.0 Å². The first-order valence-electron chi connectivity index (χ1n) is 7.13. The molecule has 0 heterocycles. The molecule has 0 atom stereocenters. The summed E-state index contributed by atoms with van der Waals surface area (Å²) in [5.41, 5.74) is 0. The van der Waals surface area contributed by atoms with Gasteiger partial charge >= 0.3 is 0 Å². The number of rotatable bonds is 11. The largest absolute Gasteiger partial charge is 0.224 e. The summed E-state index contributed by atoms with van der Waals surface area (Å²) >= 11 is 0. The molecule has 0 aromatic rings. The SMILES string of the molecule is CCCCCS(=O)(=O)/C=C/C=C/S(=O)(=O)CCCCC. The number of unbranched alkanes of at least 4 members (excludes halogenated alkanes) is 4. The van der Waals surface area contributed by atoms with Crippen molar-refractivity contribution in [2.75, 3.05) is 11.5 Å². The fourth-order valence-electron chi connectivity index (χ4n) is 1.57. The fraction of sp³-hybridized carbons (Fsp3) is 0.714. The van der Waals surface area contributed by atoms with Gasteiger partial charge in [-0.05, 0) is 12.8 Å². The monoisotopic (exact) mass is 322 g/mol. The summed E-state index contributed by atoms with van der Waals surface area (Å²) in [7, 11) is -6.44. The second kappa shape index (κ2) is 10.2. The van der Waals surface area contributed by atoms with Crippen molar-refractivity contribution in [3.05, 3.63) is 23.0 Å². The Labute approximate surface area is 123 Å². The van der Waals surface area contributed by atoms with Gasteiger partial charge in [0.2, 0.25) is 0 Å². The van der Waals surface area contributed by atoms with Crippen LogP contribution in [0.5, 0.6) is 0 Å². The Morgan fingerprint density at radius 1 is 0.650 bits per heavy atom. The van der Waals surface area contributed by atoms with Gasteiger partial charge in [0.15, 0.2) is 19.7 Å². The molecule has 0 aliphatic carbocycles. The zero-order valence-corrected chi connectivity index (χ0v) is 14.0. The van der Waals surface area contributed by atoms with Crippen molar-refractivity contribution in [2.24, 2.45) is 0 Å². The second-order valence-corrected chi connectivity index (χ2v) is 8.82. The lowest BCUT2D eigenvalue weighted by atomic mass is 10.3. The predicted molar refractivity (Wildman–Crippen MR) is 84.9 cm³/mol. The van der Waals surface area contributed by atoms with Gasteiger partial charge in [0.05, 0.1) is 11.5 Å². The maximum absolute atomic E-state index is 11.6. The van der Waals surface area contributed by atoms with Gasteiger partial charge in [0.1, 0.15) is 0 Å². The molecule has 0 saturated carbocycles. The van der Waals surface area contributed by atoms with Gasteiger partial charge in [0.25, 0.3) is 0 Å². The van der Waals surface area contributed by atoms with Gasteiger partial charge in [-0.3, -0.25) is 0 Å². The quantitative estimate of drug-likeness (QED) is 0.432. The third-order valence-electron chi connectivity index (χ3n) is 2.75. The van der Waals surface area contributed by atoms with Crippen molar-refractivity contribution >= 4 is 19.7 Å². The van der Waals surface area contributed by atoms with E-state index < -0.39 is 19.7 Å². The van der Waals surface area contributed by atoms with E-state index >= 15 is 0 Å². The van der Waals surface area contributed by atoms with Crippen LogP contribution >= 0.6 is 0 Å². The van der Waals surface area contributed by atoms with Crippen LogP contribution in [0, 0.1) is 0 Å². The Kier molecular flexibility index (Phi) is 9.84. The van der Waals surface area contributed by atoms with Gasteiger partial charge in [0, 0.05) is 10.8 Å². The van der Waals surface area contributed by atoms with Gasteiger partial charge < -0.3 is 0 Å². The molecule has 0 aliphatic rings. The van der Waals surface area contributed by atoms with Crippen LogP contribution < -0.4 is 0 Å². The number of sulfone groups is 2. The molecule has 0 unspecified atom stereocenters. The molecule has 0 bridgehead atoms. The first kappa shape index (κ1) is 19.4. The molecular formula is C14H26O4S2. The van der Waals surface area contributed by atoms with E-state index in [9.17, 15) is 16.8 Å². The Balaban J connectivity index is 4.30. The summed E-state index contributed by atoms with van der Waals surface area (Å²) in [5, 5.41) is 2.17. The molecule has 0 saturated heterocycles. The summed E-state index contributed by atoms with van der Waals surface area (Å²) in [6, 6.07) is 0. The lowest BCUT2D eigenvalue weighted by Gasteiger charge is -1.97. The van der Waals surface area contributed by atoms with E-state index in [0.29, 0.717) is 12.8 Å². The predicted octanol–water partition coefficient (Wildman–Crippen LogP) is 3.22. The third-order valence-corrected chi connectivity index (χ3v) is 5.61. The van der Waals surface area contributed by atoms with Crippen LogP contribution in [-0.2, 0) is 19.7 Å². The van der Waals surface area contributed by atoms with Crippen molar-refractivity contribution in [1.29, 1.82) is 0 Å². The Hall–Kier alpha value is -0.620. The Morgan fingerprint density at radius 3 is 1.30 bits per heavy atom. The van der Waals surface area contributed by atoms with Crippen molar-refractivity contribution in [3.63, 3.8) is 0 Å². The van der Waals surface area contributed by atoms with E-state index in [1.165, 1.54) is 12.2 Å². The minimum absolute atomic E-state index is 0.119. The van der Waals surface area contributed by atoms with E-state index in [2.05, 4.69) is 0 Å². The Bertz CT molecular complexity index is 451. The molecule has 0 fully saturated rings. The summed E-state index contributed by atoms with van der Waals surface area (Å²) < 4.78 is 46.3. The smallest absolute Gasteiger partial charge is 0.171 e. The van der Waals surface area contributed by atoms with Crippen molar-refractivity contribution in [1.82, 2.24) is 0 Å². The standard InChI is InChI=1S/C14H26O4S2/c1-3-5-7-11-19(15,16)13-9-10-14-20(17,18)12-8-6-4-2/h9-10,13-14H,3-8,11-12H2,1-2H3/b13-9+,14-10+. The molecule has 118 valence electrons. The highest BCUT2D eigenvalue weighted by molar-refractivity contribution is 7.94. The lowest BCUT2D eigenvalue weighted by Crippen LogP contribution is -2.02. The molecule has 4 nitrogen and oxygen atoms in total. The van der Waals surface area contributed by atoms with Crippen LogP contribution in [0.3, 0.4) is 0 Å². The topological polar surface area (TPSA) is 68.3 Å². The zero-order chi connectivity index (χ0) is 15.5. The van der Waals surface area contributed by atoms with E-state index in [0.717, 1.165) is 36.5 Å². The maximum atomic E-state index is 11.6. The van der Waals surface area contributed by atoms with E-state index in [-0.39, 0.29) is 11.5 Å². The molecule has 0 radical (unpaired) electrons. The van der Waals surface area contributed by atoms with Crippen molar-refractivity contribution < 1.29 is 16.8 Å². The van der Waals surface area contributed by atoms with Crippen LogP contribution in [-0.4, -0.2) is 28.3 Å². The summed E-state index contributed by atoms with van der Waals surface area (Å²) in [4.78, 5) is 0. The van der Waals surface area contributed by atoms with Gasteiger partial charge in [-0.25, -0.2) is 16.8 Å². The molecule has 0 amide bonds. The fourth-order valence-corrected chi connectivity index (χ4v) is 3.72. The summed E-state index contributed by atoms with van der Waals surface area (Å²) in [6.07, 6.45) is 7.56. The average Bonchev–Trinajstić information content (AvgIpc) is 2.35. The van der Waals surface area contributed by atoms with Crippen LogP contribution in [0.25, 0.3) is 0 Å². The van der Waals surface area contributed by atoms with Gasteiger partial charge in [-0.1, -0.05) is 51.7 Å². The molecule has 0 aliphatic heterocycles. The highest BCUT2D eigenvalue weighted by atomic mass is 32.2. The number of hydrogen-bond acceptors (Lipinski definition) is 4. The van der Waals surface area contributed by atoms with Gasteiger partial charge in [-0.15, -0.1) is 0 Å². The molecule has 0 aromatic heterocycles. The first-order valence-corrected chi connectivity index (χ1v) is 10.6. The van der Waals surface area contributed by atoms with Gasteiger partial charge in [-0.2, -0.15) is 0 Å². The number of allylic oxidation sites excluding steroid dienone is 2. The normalized spacial score (nSPS) is 13.5. The zero-order valence-electron chi connectivity index (χ0n) is 12.4. The third kappa shape index (κ3) is 11.2. The average molecular weight is 322 g/mol. The van der Waals surface area contributed by atoms with Crippen molar-refractivity contribution in [3.8, 4) is 0 Å². The molecule has 0 aromatic carbocycles. The van der Waals surface area contributed by atoms with Crippen molar-refractivity contribution in [2.45, 2.75) is 52.4 Å². The molecule has 0 spiro atoms. The lowest BCUT2D eigenvalue weighted by molar-refractivity contribution is 0.597. The summed E-state index contributed by atoms with van der Waals surface area (Å²) in [5.74, 6) is 0.239. The molecule has 6 heteroatoms. The van der Waals surface area contributed by atoms with E-state index in [1.54, 1.807) is 0 Å². The molecule has 0 N–H and O–H groups in total. The maximum Gasteiger partial charge on any atom is 0.171 e. The second-order valence-electron chi connectivity index (χ2n) is 4.81. The minimum atomic E-state index is -3.22. The Morgan fingerprint density at radius 2 is 1.00 bits per heavy atom.